The van der Waals surface area contributed by atoms with Gasteiger partial charge in [-0.25, -0.2) is 0 Å². The van der Waals surface area contributed by atoms with Gasteiger partial charge in [-0.2, -0.15) is 0 Å². The second kappa shape index (κ2) is 12.3. The van der Waals surface area contributed by atoms with E-state index < -0.39 is 0 Å². The van der Waals surface area contributed by atoms with Crippen molar-refractivity contribution in [2.45, 2.75) is 71.1 Å². The van der Waals surface area contributed by atoms with Gasteiger partial charge in [-0.05, 0) is 98.8 Å². The third kappa shape index (κ3) is 7.10. The molecule has 0 heterocycles. The molecule has 2 aromatic carbocycles. The van der Waals surface area contributed by atoms with E-state index in [1.165, 1.54) is 62.5 Å². The Morgan fingerprint density at radius 3 is 2.30 bits per heavy atom. The monoisotopic (exact) mass is 400 g/mol. The summed E-state index contributed by atoms with van der Waals surface area (Å²) >= 11 is 0. The molecule has 0 unspecified atom stereocenters. The van der Waals surface area contributed by atoms with Crippen molar-refractivity contribution in [1.82, 2.24) is 0 Å². The quantitative estimate of drug-likeness (QED) is 0.326. The molecule has 1 aliphatic rings. The third-order valence-corrected chi connectivity index (χ3v) is 6.13. The molecule has 30 heavy (non-hydrogen) atoms. The zero-order chi connectivity index (χ0) is 21.0. The van der Waals surface area contributed by atoms with Gasteiger partial charge in [-0.3, -0.25) is 0 Å². The summed E-state index contributed by atoms with van der Waals surface area (Å²) in [6.07, 6.45) is 14.6. The van der Waals surface area contributed by atoms with Crippen LogP contribution in [0.2, 0.25) is 0 Å². The van der Waals surface area contributed by atoms with Gasteiger partial charge >= 0.3 is 0 Å². The number of aryl methyl sites for hydroxylation is 1. The molecular formula is C29H36O. The molecule has 0 radical (unpaired) electrons. The van der Waals surface area contributed by atoms with Gasteiger partial charge in [-0.15, -0.1) is 0 Å². The van der Waals surface area contributed by atoms with Crippen molar-refractivity contribution < 1.29 is 4.74 Å². The molecule has 0 saturated heterocycles. The Hall–Kier alpha value is -2.46. The highest BCUT2D eigenvalue weighted by molar-refractivity contribution is 5.40. The molecule has 0 atom stereocenters. The van der Waals surface area contributed by atoms with Gasteiger partial charge in [0.15, 0.2) is 0 Å². The number of ether oxygens (including phenoxy) is 1. The molecule has 0 amide bonds. The number of hydrogen-bond donors (Lipinski definition) is 0. The zero-order valence-electron chi connectivity index (χ0n) is 18.7. The molecule has 1 fully saturated rings. The summed E-state index contributed by atoms with van der Waals surface area (Å²) in [7, 11) is 0. The summed E-state index contributed by atoms with van der Waals surface area (Å²) < 4.78 is 5.47. The highest BCUT2D eigenvalue weighted by Crippen LogP contribution is 2.36. The molecule has 0 N–H and O–H groups in total. The summed E-state index contributed by atoms with van der Waals surface area (Å²) in [5.41, 5.74) is 4.06. The van der Waals surface area contributed by atoms with E-state index in [2.05, 4.69) is 49.1 Å². The van der Waals surface area contributed by atoms with Gasteiger partial charge in [0.05, 0.1) is 6.61 Å². The first-order chi connectivity index (χ1) is 14.8. The Bertz CT molecular complexity index is 825. The Kier molecular flexibility index (Phi) is 9.10. The van der Waals surface area contributed by atoms with Crippen LogP contribution in [0.15, 0.2) is 60.7 Å². The van der Waals surface area contributed by atoms with Crippen molar-refractivity contribution in [3.63, 3.8) is 0 Å². The molecule has 0 aliphatic heterocycles. The minimum Gasteiger partial charge on any atom is -0.494 e. The fourth-order valence-electron chi connectivity index (χ4n) is 4.29. The summed E-state index contributed by atoms with van der Waals surface area (Å²) in [5, 5.41) is 0. The Morgan fingerprint density at radius 2 is 1.63 bits per heavy atom. The van der Waals surface area contributed by atoms with Crippen LogP contribution in [-0.4, -0.2) is 6.61 Å². The van der Waals surface area contributed by atoms with E-state index in [1.807, 2.05) is 37.3 Å². The molecular weight excluding hydrogens is 364 g/mol. The van der Waals surface area contributed by atoms with E-state index in [4.69, 9.17) is 4.74 Å². The van der Waals surface area contributed by atoms with Gasteiger partial charge in [-0.1, -0.05) is 61.9 Å². The fourth-order valence-corrected chi connectivity index (χ4v) is 4.29. The SMILES string of the molecule is CCCCCc1ccc(C2CCC(C=CC#Cc3ccc(OCC)cc3)CC2)cc1. The molecule has 158 valence electrons. The first-order valence-corrected chi connectivity index (χ1v) is 11.8. The maximum absolute atomic E-state index is 5.47. The van der Waals surface area contributed by atoms with E-state index in [9.17, 15) is 0 Å². The summed E-state index contributed by atoms with van der Waals surface area (Å²) in [4.78, 5) is 0. The highest BCUT2D eigenvalue weighted by atomic mass is 16.5. The third-order valence-electron chi connectivity index (χ3n) is 6.13. The second-order valence-electron chi connectivity index (χ2n) is 8.40. The normalized spacial score (nSPS) is 18.7. The molecule has 1 saturated carbocycles. The Morgan fingerprint density at radius 1 is 0.900 bits per heavy atom. The lowest BCUT2D eigenvalue weighted by Gasteiger charge is -2.27. The van der Waals surface area contributed by atoms with Gasteiger partial charge in [0.1, 0.15) is 5.75 Å². The van der Waals surface area contributed by atoms with Crippen LogP contribution in [-0.2, 0) is 6.42 Å². The van der Waals surface area contributed by atoms with Crippen LogP contribution < -0.4 is 4.74 Å². The molecule has 0 spiro atoms. The molecule has 1 nitrogen and oxygen atoms in total. The number of hydrogen-bond acceptors (Lipinski definition) is 1. The van der Waals surface area contributed by atoms with Crippen LogP contribution in [0, 0.1) is 17.8 Å². The van der Waals surface area contributed by atoms with Crippen molar-refractivity contribution in [3.8, 4) is 17.6 Å². The zero-order valence-corrected chi connectivity index (χ0v) is 18.7. The molecule has 1 aliphatic carbocycles. The lowest BCUT2D eigenvalue weighted by molar-refractivity contribution is 0.340. The van der Waals surface area contributed by atoms with E-state index in [0.717, 1.165) is 17.2 Å². The number of allylic oxidation sites excluding steroid dienone is 2. The van der Waals surface area contributed by atoms with Crippen molar-refractivity contribution >= 4 is 0 Å². The molecule has 1 heteroatoms. The smallest absolute Gasteiger partial charge is 0.119 e. The molecule has 0 bridgehead atoms. The van der Waals surface area contributed by atoms with Crippen molar-refractivity contribution in [2.75, 3.05) is 6.61 Å². The summed E-state index contributed by atoms with van der Waals surface area (Å²) in [5.74, 6) is 8.72. The number of rotatable bonds is 8. The van der Waals surface area contributed by atoms with Crippen LogP contribution in [0.5, 0.6) is 5.75 Å². The van der Waals surface area contributed by atoms with Gasteiger partial charge in [0.2, 0.25) is 0 Å². The standard InChI is InChI=1S/C29H36O/c1-3-5-6-9-24-12-18-27(19-13-24)28-20-14-25(15-21-28)10-7-8-11-26-16-22-29(23-17-26)30-4-2/h7,10,12-13,16-19,22-23,25,28H,3-6,9,14-15,20-21H2,1-2H3. The van der Waals surface area contributed by atoms with Gasteiger partial charge in [0, 0.05) is 5.56 Å². The van der Waals surface area contributed by atoms with Crippen molar-refractivity contribution in [1.29, 1.82) is 0 Å². The largest absolute Gasteiger partial charge is 0.494 e. The van der Waals surface area contributed by atoms with Crippen LogP contribution in [0.3, 0.4) is 0 Å². The molecule has 0 aromatic heterocycles. The minimum atomic E-state index is 0.671. The minimum absolute atomic E-state index is 0.671. The van der Waals surface area contributed by atoms with Crippen LogP contribution in [0.1, 0.15) is 81.4 Å². The molecule has 3 rings (SSSR count). The van der Waals surface area contributed by atoms with Crippen molar-refractivity contribution in [3.05, 3.63) is 77.4 Å². The van der Waals surface area contributed by atoms with Gasteiger partial charge in [0.25, 0.3) is 0 Å². The second-order valence-corrected chi connectivity index (χ2v) is 8.40. The predicted octanol–water partition coefficient (Wildman–Crippen LogP) is 7.70. The highest BCUT2D eigenvalue weighted by Gasteiger charge is 2.20. The van der Waals surface area contributed by atoms with Crippen LogP contribution in [0.4, 0.5) is 0 Å². The van der Waals surface area contributed by atoms with Crippen molar-refractivity contribution in [2.24, 2.45) is 5.92 Å². The maximum atomic E-state index is 5.47. The van der Waals surface area contributed by atoms with Crippen LogP contribution >= 0.6 is 0 Å². The van der Waals surface area contributed by atoms with E-state index in [0.29, 0.717) is 12.5 Å². The summed E-state index contributed by atoms with van der Waals surface area (Å²) in [6, 6.07) is 17.5. The van der Waals surface area contributed by atoms with Crippen LogP contribution in [0.25, 0.3) is 0 Å². The number of unbranched alkanes of at least 4 members (excludes halogenated alkanes) is 2. The lowest BCUT2D eigenvalue weighted by atomic mass is 9.78. The maximum Gasteiger partial charge on any atom is 0.119 e. The lowest BCUT2D eigenvalue weighted by Crippen LogP contribution is -2.11. The topological polar surface area (TPSA) is 9.23 Å². The Balaban J connectivity index is 1.43. The summed E-state index contributed by atoms with van der Waals surface area (Å²) in [6.45, 7) is 4.96. The Labute approximate surface area is 183 Å². The first kappa shape index (κ1) is 22.2. The average Bonchev–Trinajstić information content (AvgIpc) is 2.79. The molecule has 2 aromatic rings. The average molecular weight is 401 g/mol. The van der Waals surface area contributed by atoms with E-state index in [1.54, 1.807) is 0 Å². The fraction of sp³-hybridized carbons (Fsp3) is 0.448. The number of benzene rings is 2. The van der Waals surface area contributed by atoms with E-state index >= 15 is 0 Å². The predicted molar refractivity (Wildman–Crippen MR) is 128 cm³/mol. The first-order valence-electron chi connectivity index (χ1n) is 11.8. The van der Waals surface area contributed by atoms with E-state index in [-0.39, 0.29) is 0 Å². The van der Waals surface area contributed by atoms with Gasteiger partial charge < -0.3 is 4.74 Å².